The lowest BCUT2D eigenvalue weighted by molar-refractivity contribution is -0.116. The van der Waals surface area contributed by atoms with Gasteiger partial charge in [0.1, 0.15) is 11.5 Å². The molecule has 1 saturated heterocycles. The molecule has 1 aliphatic heterocycles. The van der Waals surface area contributed by atoms with Crippen LogP contribution in [0.1, 0.15) is 20.3 Å². The molecule has 0 atom stereocenters. The van der Waals surface area contributed by atoms with Gasteiger partial charge in [-0.15, -0.1) is 0 Å². The molecule has 128 valence electrons. The monoisotopic (exact) mass is 342 g/mol. The second-order valence-electron chi connectivity index (χ2n) is 5.08. The van der Waals surface area contributed by atoms with Crippen LogP contribution in [-0.4, -0.2) is 50.7 Å². The number of nitrogens with one attached hydrogen (secondary N) is 1. The number of hydrogen-bond donors (Lipinski definition) is 1. The maximum absolute atomic E-state index is 12.2. The lowest BCUT2D eigenvalue weighted by atomic mass is 10.2. The Bertz CT molecular complexity index is 660. The van der Waals surface area contributed by atoms with Crippen LogP contribution in [0.5, 0.6) is 11.5 Å². The highest BCUT2D eigenvalue weighted by molar-refractivity contribution is 7.89. The number of carbonyl (C=O) groups is 1. The Balaban J connectivity index is 2.10. The van der Waals surface area contributed by atoms with E-state index in [1.807, 2.05) is 13.8 Å². The highest BCUT2D eigenvalue weighted by Gasteiger charge is 2.29. The van der Waals surface area contributed by atoms with E-state index >= 15 is 0 Å². The predicted molar refractivity (Wildman–Crippen MR) is 87.4 cm³/mol. The van der Waals surface area contributed by atoms with Crippen LogP contribution < -0.4 is 14.8 Å². The van der Waals surface area contributed by atoms with Gasteiger partial charge in [0.25, 0.3) is 0 Å². The fourth-order valence-corrected chi connectivity index (χ4v) is 3.84. The van der Waals surface area contributed by atoms with Crippen LogP contribution in [0.2, 0.25) is 0 Å². The van der Waals surface area contributed by atoms with Gasteiger partial charge in [0.2, 0.25) is 15.9 Å². The highest BCUT2D eigenvalue weighted by atomic mass is 32.2. The number of hydrogen-bond acceptors (Lipinski definition) is 5. The normalized spacial score (nSPS) is 17.0. The number of anilines is 1. The minimum atomic E-state index is -3.30. The van der Waals surface area contributed by atoms with E-state index in [1.54, 1.807) is 18.2 Å². The molecule has 0 unspecified atom stereocenters. The summed E-state index contributed by atoms with van der Waals surface area (Å²) >= 11 is 0. The second kappa shape index (κ2) is 7.65. The Hall–Kier alpha value is -1.80. The highest BCUT2D eigenvalue weighted by Crippen LogP contribution is 2.29. The van der Waals surface area contributed by atoms with Gasteiger partial charge in [0.15, 0.2) is 0 Å². The van der Waals surface area contributed by atoms with Crippen LogP contribution in [0.4, 0.5) is 5.69 Å². The van der Waals surface area contributed by atoms with Crippen molar-refractivity contribution in [2.45, 2.75) is 20.3 Å². The van der Waals surface area contributed by atoms with Gasteiger partial charge in [-0.1, -0.05) is 0 Å². The molecular formula is C15H22N2O5S. The molecule has 0 spiro atoms. The number of rotatable bonds is 7. The molecule has 2 rings (SSSR count). The minimum absolute atomic E-state index is 0.101. The molecule has 1 fully saturated rings. The number of benzene rings is 1. The fraction of sp³-hybridized carbons (Fsp3) is 0.533. The largest absolute Gasteiger partial charge is 0.494 e. The summed E-state index contributed by atoms with van der Waals surface area (Å²) in [6, 6.07) is 5.15. The summed E-state index contributed by atoms with van der Waals surface area (Å²) in [6.45, 7) is 4.87. The molecule has 1 aromatic carbocycles. The van der Waals surface area contributed by atoms with Gasteiger partial charge in [-0.3, -0.25) is 4.79 Å². The molecule has 0 aliphatic carbocycles. The predicted octanol–water partition coefficient (Wildman–Crippen LogP) is 1.46. The average Bonchev–Trinajstić information content (AvgIpc) is 2.81. The van der Waals surface area contributed by atoms with Crippen molar-refractivity contribution in [2.24, 2.45) is 0 Å². The number of nitrogens with zero attached hydrogens (tertiary/aromatic N) is 1. The molecule has 1 aromatic rings. The van der Waals surface area contributed by atoms with Gasteiger partial charge in [-0.2, -0.15) is 4.31 Å². The molecule has 7 nitrogen and oxygen atoms in total. The third kappa shape index (κ3) is 4.59. The quantitative estimate of drug-likeness (QED) is 0.811. The summed E-state index contributed by atoms with van der Waals surface area (Å²) < 4.78 is 35.6. The van der Waals surface area contributed by atoms with Crippen LogP contribution >= 0.6 is 0 Å². The summed E-state index contributed by atoms with van der Waals surface area (Å²) in [5.74, 6) is 0.836. The van der Waals surface area contributed by atoms with E-state index in [4.69, 9.17) is 9.47 Å². The Labute approximate surface area is 136 Å². The third-order valence-electron chi connectivity index (χ3n) is 3.36. The molecule has 0 aromatic heterocycles. The van der Waals surface area contributed by atoms with Gasteiger partial charge in [0.05, 0.1) is 31.2 Å². The van der Waals surface area contributed by atoms with E-state index in [2.05, 4.69) is 5.32 Å². The maximum Gasteiger partial charge on any atom is 0.239 e. The first kappa shape index (κ1) is 17.6. The van der Waals surface area contributed by atoms with Gasteiger partial charge in [-0.05, 0) is 32.4 Å². The van der Waals surface area contributed by atoms with Crippen LogP contribution in [-0.2, 0) is 14.8 Å². The molecule has 23 heavy (non-hydrogen) atoms. The molecule has 8 heteroatoms. The van der Waals surface area contributed by atoms with Crippen molar-refractivity contribution in [1.82, 2.24) is 4.31 Å². The van der Waals surface area contributed by atoms with E-state index in [0.29, 0.717) is 43.4 Å². The first-order chi connectivity index (χ1) is 11.0. The second-order valence-corrected chi connectivity index (χ2v) is 7.16. The van der Waals surface area contributed by atoms with Gasteiger partial charge in [0, 0.05) is 12.6 Å². The van der Waals surface area contributed by atoms with Crippen LogP contribution in [0.3, 0.4) is 0 Å². The molecule has 1 heterocycles. The van der Waals surface area contributed by atoms with Crippen LogP contribution in [0.25, 0.3) is 0 Å². The molecule has 0 saturated carbocycles. The summed E-state index contributed by atoms with van der Waals surface area (Å²) in [6.07, 6.45) is 0.555. The van der Waals surface area contributed by atoms with Crippen molar-refractivity contribution < 1.29 is 22.7 Å². The van der Waals surface area contributed by atoms with Crippen LogP contribution in [0.15, 0.2) is 18.2 Å². The number of ether oxygens (including phenoxy) is 2. The molecule has 0 bridgehead atoms. The first-order valence-electron chi connectivity index (χ1n) is 7.63. The Morgan fingerprint density at radius 3 is 2.61 bits per heavy atom. The zero-order chi connectivity index (χ0) is 16.9. The topological polar surface area (TPSA) is 84.9 Å². The molecule has 1 N–H and O–H groups in total. The van der Waals surface area contributed by atoms with Gasteiger partial charge < -0.3 is 14.8 Å². The van der Waals surface area contributed by atoms with Gasteiger partial charge >= 0.3 is 0 Å². The summed E-state index contributed by atoms with van der Waals surface area (Å²) in [5, 5.41) is 2.71. The van der Waals surface area contributed by atoms with E-state index < -0.39 is 15.9 Å². The Kier molecular flexibility index (Phi) is 5.84. The lowest BCUT2D eigenvalue weighted by Crippen LogP contribution is -2.34. The van der Waals surface area contributed by atoms with E-state index in [0.717, 1.165) is 0 Å². The smallest absolute Gasteiger partial charge is 0.239 e. The van der Waals surface area contributed by atoms with Crippen molar-refractivity contribution in [1.29, 1.82) is 0 Å². The third-order valence-corrected chi connectivity index (χ3v) is 5.26. The molecule has 1 aliphatic rings. The zero-order valence-corrected chi connectivity index (χ0v) is 14.2. The van der Waals surface area contributed by atoms with Crippen molar-refractivity contribution in [3.63, 3.8) is 0 Å². The zero-order valence-electron chi connectivity index (χ0n) is 13.4. The molecular weight excluding hydrogens is 320 g/mol. The number of carbonyl (C=O) groups excluding carboxylic acids is 1. The molecule has 0 radical (unpaired) electrons. The standard InChI is InChI=1S/C15H22N2O5S/c1-3-21-12-6-7-14(22-4-2)13(10-12)16-15(18)11-17-8-5-9-23(17,19)20/h6-7,10H,3-5,8-9,11H2,1-2H3,(H,16,18). The van der Waals surface area contributed by atoms with E-state index in [9.17, 15) is 13.2 Å². The van der Waals surface area contributed by atoms with Gasteiger partial charge in [-0.25, -0.2) is 8.42 Å². The number of sulfonamides is 1. The Morgan fingerprint density at radius 1 is 1.26 bits per heavy atom. The Morgan fingerprint density at radius 2 is 2.00 bits per heavy atom. The van der Waals surface area contributed by atoms with Crippen molar-refractivity contribution >= 4 is 21.6 Å². The molecule has 1 amide bonds. The van der Waals surface area contributed by atoms with Crippen molar-refractivity contribution in [2.75, 3.05) is 37.4 Å². The minimum Gasteiger partial charge on any atom is -0.494 e. The summed E-state index contributed by atoms with van der Waals surface area (Å²) in [5.41, 5.74) is 0.472. The SMILES string of the molecule is CCOc1ccc(OCC)c(NC(=O)CN2CCCS2(=O)=O)c1. The average molecular weight is 342 g/mol. The maximum atomic E-state index is 12.2. The number of amides is 1. The van der Waals surface area contributed by atoms with E-state index in [-0.39, 0.29) is 12.3 Å². The van der Waals surface area contributed by atoms with Crippen molar-refractivity contribution in [3.8, 4) is 11.5 Å². The summed E-state index contributed by atoms with van der Waals surface area (Å²) in [4.78, 5) is 12.2. The summed E-state index contributed by atoms with van der Waals surface area (Å²) in [7, 11) is -3.30. The van der Waals surface area contributed by atoms with Crippen LogP contribution in [0, 0.1) is 0 Å². The fourth-order valence-electron chi connectivity index (χ4n) is 2.36. The lowest BCUT2D eigenvalue weighted by Gasteiger charge is -2.16. The first-order valence-corrected chi connectivity index (χ1v) is 9.24. The van der Waals surface area contributed by atoms with E-state index in [1.165, 1.54) is 4.31 Å². The van der Waals surface area contributed by atoms with Crippen molar-refractivity contribution in [3.05, 3.63) is 18.2 Å².